The van der Waals surface area contributed by atoms with Crippen molar-refractivity contribution in [2.24, 2.45) is 0 Å². The molecule has 112 valence electrons. The third kappa shape index (κ3) is 3.27. The van der Waals surface area contributed by atoms with E-state index in [1.807, 2.05) is 4.90 Å². The zero-order valence-electron chi connectivity index (χ0n) is 11.7. The second-order valence-corrected chi connectivity index (χ2v) is 8.39. The fourth-order valence-electron chi connectivity index (χ4n) is 2.18. The summed E-state index contributed by atoms with van der Waals surface area (Å²) >= 11 is 1.66. The van der Waals surface area contributed by atoms with Crippen LogP contribution in [0.15, 0.2) is 18.3 Å². The fraction of sp³-hybridized carbons (Fsp3) is 0.615. The van der Waals surface area contributed by atoms with Gasteiger partial charge in [0, 0.05) is 30.0 Å². The number of hydrogen-bond acceptors (Lipinski definition) is 6. The molecule has 2 unspecified atom stereocenters. The normalized spacial score (nSPS) is 21.8. The van der Waals surface area contributed by atoms with Gasteiger partial charge in [0.25, 0.3) is 0 Å². The number of anilines is 1. The standard InChI is InChI=1S/C13H20N2O3S2/c1-3-20(17,18)13-9-19-7-6-15(13)12-8-11(10(2)16)4-5-14-12/h4-5,8,10,13,16H,3,6-7,9H2,1-2H3. The van der Waals surface area contributed by atoms with E-state index in [-0.39, 0.29) is 5.75 Å². The van der Waals surface area contributed by atoms with E-state index in [2.05, 4.69) is 4.98 Å². The molecule has 2 rings (SSSR count). The predicted molar refractivity (Wildman–Crippen MR) is 82.8 cm³/mol. The summed E-state index contributed by atoms with van der Waals surface area (Å²) in [7, 11) is -3.15. The Kier molecular flexibility index (Phi) is 4.93. The third-order valence-electron chi connectivity index (χ3n) is 3.45. The van der Waals surface area contributed by atoms with E-state index in [4.69, 9.17) is 0 Å². The molecule has 1 aromatic heterocycles. The van der Waals surface area contributed by atoms with Gasteiger partial charge >= 0.3 is 0 Å². The van der Waals surface area contributed by atoms with Crippen LogP contribution in [0.3, 0.4) is 0 Å². The molecule has 1 aromatic rings. The Bertz CT molecular complexity index is 560. The smallest absolute Gasteiger partial charge is 0.171 e. The zero-order chi connectivity index (χ0) is 14.8. The average molecular weight is 316 g/mol. The van der Waals surface area contributed by atoms with Gasteiger partial charge in [0.15, 0.2) is 9.84 Å². The molecule has 0 aromatic carbocycles. The first kappa shape index (κ1) is 15.6. The molecule has 1 N–H and O–H groups in total. The fourth-order valence-corrected chi connectivity index (χ4v) is 5.16. The highest BCUT2D eigenvalue weighted by Gasteiger charge is 2.33. The maximum Gasteiger partial charge on any atom is 0.171 e. The molecule has 1 aliphatic rings. The van der Waals surface area contributed by atoms with E-state index in [0.29, 0.717) is 18.1 Å². The molecule has 1 saturated heterocycles. The van der Waals surface area contributed by atoms with Crippen molar-refractivity contribution in [3.05, 3.63) is 23.9 Å². The summed E-state index contributed by atoms with van der Waals surface area (Å²) < 4.78 is 24.4. The molecule has 1 fully saturated rings. The highest BCUT2D eigenvalue weighted by Crippen LogP contribution is 2.27. The molecule has 0 saturated carbocycles. The molecule has 5 nitrogen and oxygen atoms in total. The molecule has 2 heterocycles. The van der Waals surface area contributed by atoms with Gasteiger partial charge in [-0.05, 0) is 24.6 Å². The number of nitrogens with zero attached hydrogens (tertiary/aromatic N) is 2. The van der Waals surface area contributed by atoms with Crippen molar-refractivity contribution in [3.8, 4) is 0 Å². The van der Waals surface area contributed by atoms with Crippen LogP contribution in [0, 0.1) is 0 Å². The lowest BCUT2D eigenvalue weighted by molar-refractivity contribution is 0.199. The van der Waals surface area contributed by atoms with Crippen molar-refractivity contribution in [2.45, 2.75) is 25.3 Å². The number of aliphatic hydroxyl groups is 1. The van der Waals surface area contributed by atoms with E-state index in [0.717, 1.165) is 11.3 Å². The summed E-state index contributed by atoms with van der Waals surface area (Å²) in [6.45, 7) is 4.02. The summed E-state index contributed by atoms with van der Waals surface area (Å²) in [6, 6.07) is 3.52. The Morgan fingerprint density at radius 3 is 3.00 bits per heavy atom. The Labute approximate surface area is 124 Å². The lowest BCUT2D eigenvalue weighted by Gasteiger charge is -2.35. The summed E-state index contributed by atoms with van der Waals surface area (Å²) in [5, 5.41) is 9.12. The van der Waals surface area contributed by atoms with Crippen LogP contribution in [0.25, 0.3) is 0 Å². The van der Waals surface area contributed by atoms with Crippen LogP contribution in [0.5, 0.6) is 0 Å². The van der Waals surface area contributed by atoms with E-state index >= 15 is 0 Å². The number of hydrogen-bond donors (Lipinski definition) is 1. The number of pyridine rings is 1. The summed E-state index contributed by atoms with van der Waals surface area (Å²) in [5.74, 6) is 2.21. The minimum absolute atomic E-state index is 0.130. The Hall–Kier alpha value is -0.790. The Morgan fingerprint density at radius 2 is 2.35 bits per heavy atom. The van der Waals surface area contributed by atoms with Crippen molar-refractivity contribution in [2.75, 3.05) is 28.7 Å². The molecular formula is C13H20N2O3S2. The highest BCUT2D eigenvalue weighted by atomic mass is 32.2. The first-order chi connectivity index (χ1) is 9.45. The average Bonchev–Trinajstić information content (AvgIpc) is 2.47. The van der Waals surface area contributed by atoms with Crippen molar-refractivity contribution in [3.63, 3.8) is 0 Å². The SMILES string of the molecule is CCS(=O)(=O)C1CSCCN1c1cc(C(C)O)ccn1. The first-order valence-corrected chi connectivity index (χ1v) is 9.52. The monoisotopic (exact) mass is 316 g/mol. The number of rotatable bonds is 4. The molecule has 2 atom stereocenters. The Balaban J connectivity index is 2.35. The number of aliphatic hydroxyl groups excluding tert-OH is 1. The molecule has 0 amide bonds. The summed E-state index contributed by atoms with van der Waals surface area (Å²) in [5.41, 5.74) is 0.751. The predicted octanol–water partition coefficient (Wildman–Crippen LogP) is 1.45. The van der Waals surface area contributed by atoms with Gasteiger partial charge in [-0.3, -0.25) is 0 Å². The number of thioether (sulfide) groups is 1. The van der Waals surface area contributed by atoms with Crippen LogP contribution in [-0.4, -0.2) is 47.7 Å². The van der Waals surface area contributed by atoms with Gasteiger partial charge < -0.3 is 10.0 Å². The van der Waals surface area contributed by atoms with Crippen LogP contribution >= 0.6 is 11.8 Å². The minimum atomic E-state index is -3.15. The Morgan fingerprint density at radius 1 is 1.60 bits per heavy atom. The van der Waals surface area contributed by atoms with Crippen molar-refractivity contribution >= 4 is 27.4 Å². The minimum Gasteiger partial charge on any atom is -0.389 e. The van der Waals surface area contributed by atoms with Crippen LogP contribution in [0.1, 0.15) is 25.5 Å². The van der Waals surface area contributed by atoms with E-state index in [9.17, 15) is 13.5 Å². The summed E-state index contributed by atoms with van der Waals surface area (Å²) in [6.07, 6.45) is 1.03. The second-order valence-electron chi connectivity index (χ2n) is 4.80. The van der Waals surface area contributed by atoms with Gasteiger partial charge in [-0.1, -0.05) is 6.92 Å². The molecular weight excluding hydrogens is 296 g/mol. The van der Waals surface area contributed by atoms with Gasteiger partial charge in [0.1, 0.15) is 11.2 Å². The van der Waals surface area contributed by atoms with E-state index in [1.165, 1.54) is 0 Å². The second kappa shape index (κ2) is 6.32. The first-order valence-electron chi connectivity index (χ1n) is 6.65. The summed E-state index contributed by atoms with van der Waals surface area (Å²) in [4.78, 5) is 6.13. The zero-order valence-corrected chi connectivity index (χ0v) is 13.3. The van der Waals surface area contributed by atoms with Crippen LogP contribution in [0.4, 0.5) is 5.82 Å². The molecule has 0 bridgehead atoms. The van der Waals surface area contributed by atoms with Gasteiger partial charge in [0.05, 0.1) is 6.10 Å². The topological polar surface area (TPSA) is 70.5 Å². The molecule has 1 aliphatic heterocycles. The molecule has 0 radical (unpaired) electrons. The lowest BCUT2D eigenvalue weighted by Crippen LogP contribution is -2.48. The molecule has 7 heteroatoms. The quantitative estimate of drug-likeness (QED) is 0.906. The van der Waals surface area contributed by atoms with E-state index in [1.54, 1.807) is 43.9 Å². The van der Waals surface area contributed by atoms with Gasteiger partial charge in [-0.2, -0.15) is 11.8 Å². The molecule has 0 aliphatic carbocycles. The number of sulfone groups is 1. The molecule has 0 spiro atoms. The van der Waals surface area contributed by atoms with Crippen LogP contribution in [-0.2, 0) is 9.84 Å². The van der Waals surface area contributed by atoms with Crippen molar-refractivity contribution in [1.82, 2.24) is 4.98 Å². The largest absolute Gasteiger partial charge is 0.389 e. The van der Waals surface area contributed by atoms with Crippen LogP contribution in [0.2, 0.25) is 0 Å². The van der Waals surface area contributed by atoms with Crippen LogP contribution < -0.4 is 4.90 Å². The van der Waals surface area contributed by atoms with Gasteiger partial charge in [0.2, 0.25) is 0 Å². The van der Waals surface area contributed by atoms with Crippen molar-refractivity contribution in [1.29, 1.82) is 0 Å². The van der Waals surface area contributed by atoms with Gasteiger partial charge in [-0.25, -0.2) is 13.4 Å². The van der Waals surface area contributed by atoms with Gasteiger partial charge in [-0.15, -0.1) is 0 Å². The highest BCUT2D eigenvalue weighted by molar-refractivity contribution is 8.01. The maximum absolute atomic E-state index is 12.2. The lowest BCUT2D eigenvalue weighted by atomic mass is 10.1. The van der Waals surface area contributed by atoms with E-state index < -0.39 is 21.3 Å². The van der Waals surface area contributed by atoms with Crippen molar-refractivity contribution < 1.29 is 13.5 Å². The molecule has 20 heavy (non-hydrogen) atoms. The third-order valence-corrected chi connectivity index (χ3v) is 6.74. The number of aromatic nitrogens is 1. The maximum atomic E-state index is 12.2.